The number of nitrogens with zero attached hydrogens (tertiary/aromatic N) is 2. The zero-order valence-electron chi connectivity index (χ0n) is 11.7. The molecule has 0 saturated carbocycles. The van der Waals surface area contributed by atoms with Crippen LogP contribution in [0.4, 0.5) is 8.78 Å². The molecule has 0 spiro atoms. The van der Waals surface area contributed by atoms with Crippen LogP contribution in [0.3, 0.4) is 0 Å². The van der Waals surface area contributed by atoms with Gasteiger partial charge in [-0.15, -0.1) is 0 Å². The van der Waals surface area contributed by atoms with Crippen molar-refractivity contribution in [1.82, 2.24) is 15.2 Å². The molecule has 1 unspecified atom stereocenters. The van der Waals surface area contributed by atoms with Gasteiger partial charge in [0.15, 0.2) is 0 Å². The van der Waals surface area contributed by atoms with Gasteiger partial charge in [0.25, 0.3) is 0 Å². The number of rotatable bonds is 4. The lowest BCUT2D eigenvalue weighted by Crippen LogP contribution is -2.32. The van der Waals surface area contributed by atoms with E-state index in [0.717, 1.165) is 12.1 Å². The summed E-state index contributed by atoms with van der Waals surface area (Å²) in [5.74, 6) is 4.30. The van der Waals surface area contributed by atoms with Crippen LogP contribution in [0.25, 0.3) is 0 Å². The van der Waals surface area contributed by atoms with E-state index in [1.54, 1.807) is 24.7 Å². The first-order chi connectivity index (χ1) is 9.49. The molecular weight excluding hydrogens is 262 g/mol. The van der Waals surface area contributed by atoms with E-state index in [0.29, 0.717) is 11.3 Å². The maximum atomic E-state index is 14.2. The molecule has 20 heavy (non-hydrogen) atoms. The number of benzene rings is 1. The maximum absolute atomic E-state index is 14.2. The monoisotopic (exact) mass is 280 g/mol. The first-order valence-corrected chi connectivity index (χ1v) is 6.43. The Morgan fingerprint density at radius 3 is 2.65 bits per heavy atom. The van der Waals surface area contributed by atoms with Crippen LogP contribution >= 0.6 is 0 Å². The number of hydrogen-bond donors (Lipinski definition) is 2. The Kier molecular flexibility index (Phi) is 4.15. The third-order valence-electron chi connectivity index (χ3n) is 3.40. The van der Waals surface area contributed by atoms with Crippen molar-refractivity contribution in [2.45, 2.75) is 26.3 Å². The average molecular weight is 280 g/mol. The standard InChI is InChI=1S/C14H18F2N4/c1-4-9-7-11(20(3)19-9)14(18-17)12-10(15)6-5-8(2)13(12)16/h5-7,14,18H,4,17H2,1-3H3. The van der Waals surface area contributed by atoms with Gasteiger partial charge in [0.1, 0.15) is 11.6 Å². The van der Waals surface area contributed by atoms with Crippen molar-refractivity contribution in [3.05, 3.63) is 52.3 Å². The van der Waals surface area contributed by atoms with Crippen LogP contribution in [-0.4, -0.2) is 9.78 Å². The molecule has 6 heteroatoms. The minimum atomic E-state index is -0.785. The lowest BCUT2D eigenvalue weighted by Gasteiger charge is -2.18. The van der Waals surface area contributed by atoms with Crippen molar-refractivity contribution in [3.63, 3.8) is 0 Å². The molecule has 4 nitrogen and oxygen atoms in total. The molecule has 1 aromatic carbocycles. The second-order valence-electron chi connectivity index (χ2n) is 4.73. The predicted octanol–water partition coefficient (Wildman–Crippen LogP) is 2.12. The van der Waals surface area contributed by atoms with Gasteiger partial charge in [-0.25, -0.2) is 14.2 Å². The number of hydrazine groups is 1. The van der Waals surface area contributed by atoms with Crippen LogP contribution in [0, 0.1) is 18.6 Å². The quantitative estimate of drug-likeness (QED) is 0.666. The van der Waals surface area contributed by atoms with E-state index in [1.165, 1.54) is 12.1 Å². The number of aryl methyl sites for hydroxylation is 3. The Morgan fingerprint density at radius 1 is 1.40 bits per heavy atom. The van der Waals surface area contributed by atoms with Crippen molar-refractivity contribution < 1.29 is 8.78 Å². The number of aromatic nitrogens is 2. The predicted molar refractivity (Wildman–Crippen MR) is 72.8 cm³/mol. The van der Waals surface area contributed by atoms with Crippen molar-refractivity contribution in [3.8, 4) is 0 Å². The smallest absolute Gasteiger partial charge is 0.134 e. The SMILES string of the molecule is CCc1cc(C(NN)c2c(F)ccc(C)c2F)n(C)n1. The van der Waals surface area contributed by atoms with Gasteiger partial charge in [-0.3, -0.25) is 10.5 Å². The van der Waals surface area contributed by atoms with Crippen molar-refractivity contribution >= 4 is 0 Å². The summed E-state index contributed by atoms with van der Waals surface area (Å²) in [6.45, 7) is 3.55. The first kappa shape index (κ1) is 14.6. The zero-order chi connectivity index (χ0) is 14.9. The highest BCUT2D eigenvalue weighted by Crippen LogP contribution is 2.28. The summed E-state index contributed by atoms with van der Waals surface area (Å²) in [7, 11) is 1.73. The summed E-state index contributed by atoms with van der Waals surface area (Å²) in [5, 5.41) is 4.28. The lowest BCUT2D eigenvalue weighted by atomic mass is 10.00. The summed E-state index contributed by atoms with van der Waals surface area (Å²) in [5.41, 5.74) is 4.23. The number of nitrogens with one attached hydrogen (secondary N) is 1. The Labute approximate surface area is 116 Å². The summed E-state index contributed by atoms with van der Waals surface area (Å²) >= 11 is 0. The molecule has 1 heterocycles. The second kappa shape index (κ2) is 5.68. The molecule has 0 saturated heterocycles. The first-order valence-electron chi connectivity index (χ1n) is 6.43. The largest absolute Gasteiger partial charge is 0.271 e. The summed E-state index contributed by atoms with van der Waals surface area (Å²) < 4.78 is 29.8. The van der Waals surface area contributed by atoms with E-state index in [-0.39, 0.29) is 5.56 Å². The highest BCUT2D eigenvalue weighted by atomic mass is 19.1. The molecule has 0 aliphatic heterocycles. The van der Waals surface area contributed by atoms with Gasteiger partial charge < -0.3 is 0 Å². The Balaban J connectivity index is 2.58. The van der Waals surface area contributed by atoms with Crippen molar-refractivity contribution in [1.29, 1.82) is 0 Å². The lowest BCUT2D eigenvalue weighted by molar-refractivity contribution is 0.490. The molecule has 0 aliphatic carbocycles. The van der Waals surface area contributed by atoms with Crippen LogP contribution in [-0.2, 0) is 13.5 Å². The molecule has 1 atom stereocenters. The van der Waals surface area contributed by atoms with Crippen LogP contribution < -0.4 is 11.3 Å². The van der Waals surface area contributed by atoms with Crippen LogP contribution in [0.5, 0.6) is 0 Å². The van der Waals surface area contributed by atoms with Gasteiger partial charge in [0.05, 0.1) is 17.4 Å². The van der Waals surface area contributed by atoms with E-state index < -0.39 is 17.7 Å². The van der Waals surface area contributed by atoms with Crippen molar-refractivity contribution in [2.75, 3.05) is 0 Å². The normalized spacial score (nSPS) is 12.7. The van der Waals surface area contributed by atoms with E-state index >= 15 is 0 Å². The second-order valence-corrected chi connectivity index (χ2v) is 4.73. The molecular formula is C14H18F2N4. The zero-order valence-corrected chi connectivity index (χ0v) is 11.7. The number of nitrogens with two attached hydrogens (primary N) is 1. The molecule has 3 N–H and O–H groups in total. The fourth-order valence-corrected chi connectivity index (χ4v) is 2.25. The van der Waals surface area contributed by atoms with Crippen LogP contribution in [0.2, 0.25) is 0 Å². The molecule has 0 aliphatic rings. The average Bonchev–Trinajstić information content (AvgIpc) is 2.80. The summed E-state index contributed by atoms with van der Waals surface area (Å²) in [4.78, 5) is 0. The molecule has 0 amide bonds. The fraction of sp³-hybridized carbons (Fsp3) is 0.357. The van der Waals surface area contributed by atoms with Gasteiger partial charge >= 0.3 is 0 Å². The van der Waals surface area contributed by atoms with Crippen molar-refractivity contribution in [2.24, 2.45) is 12.9 Å². The van der Waals surface area contributed by atoms with Gasteiger partial charge in [0, 0.05) is 12.6 Å². The highest BCUT2D eigenvalue weighted by molar-refractivity contribution is 5.34. The third-order valence-corrected chi connectivity index (χ3v) is 3.40. The molecule has 0 fully saturated rings. The minimum Gasteiger partial charge on any atom is -0.271 e. The third kappa shape index (κ3) is 2.44. The number of halogens is 2. The van der Waals surface area contributed by atoms with Crippen LogP contribution in [0.15, 0.2) is 18.2 Å². The fourth-order valence-electron chi connectivity index (χ4n) is 2.25. The van der Waals surface area contributed by atoms with E-state index in [4.69, 9.17) is 5.84 Å². The molecule has 2 rings (SSSR count). The van der Waals surface area contributed by atoms with E-state index in [9.17, 15) is 8.78 Å². The van der Waals surface area contributed by atoms with Gasteiger partial charge in [-0.2, -0.15) is 5.10 Å². The minimum absolute atomic E-state index is 0.0850. The topological polar surface area (TPSA) is 55.9 Å². The maximum Gasteiger partial charge on any atom is 0.134 e. The summed E-state index contributed by atoms with van der Waals surface area (Å²) in [6, 6.07) is 3.66. The Bertz CT molecular complexity index is 622. The van der Waals surface area contributed by atoms with Crippen LogP contribution in [0.1, 0.15) is 35.5 Å². The summed E-state index contributed by atoms with van der Waals surface area (Å²) in [6.07, 6.45) is 0.740. The molecule has 0 bridgehead atoms. The van der Waals surface area contributed by atoms with Gasteiger partial charge in [0.2, 0.25) is 0 Å². The highest BCUT2D eigenvalue weighted by Gasteiger charge is 2.25. The van der Waals surface area contributed by atoms with Gasteiger partial charge in [-0.1, -0.05) is 13.0 Å². The molecule has 108 valence electrons. The molecule has 0 radical (unpaired) electrons. The molecule has 1 aromatic heterocycles. The van der Waals surface area contributed by atoms with Gasteiger partial charge in [-0.05, 0) is 31.0 Å². The molecule has 2 aromatic rings. The van der Waals surface area contributed by atoms with E-state index in [1.807, 2.05) is 6.92 Å². The Morgan fingerprint density at radius 2 is 2.10 bits per heavy atom. The number of hydrogen-bond acceptors (Lipinski definition) is 3. The Hall–Kier alpha value is -1.79. The van der Waals surface area contributed by atoms with E-state index in [2.05, 4.69) is 10.5 Å².